The number of rotatable bonds is 6. The van der Waals surface area contributed by atoms with Crippen LogP contribution in [-0.4, -0.2) is 41.2 Å². The van der Waals surface area contributed by atoms with Gasteiger partial charge >= 0.3 is 6.09 Å². The molecule has 7 nitrogen and oxygen atoms in total. The summed E-state index contributed by atoms with van der Waals surface area (Å²) in [5.74, 6) is 1.09. The molecule has 0 aliphatic carbocycles. The Morgan fingerprint density at radius 3 is 2.50 bits per heavy atom. The second kappa shape index (κ2) is 9.08. The van der Waals surface area contributed by atoms with Gasteiger partial charge in [-0.15, -0.1) is 0 Å². The summed E-state index contributed by atoms with van der Waals surface area (Å²) in [5, 5.41) is 11.0. The molecule has 0 spiro atoms. The molecule has 1 aliphatic heterocycles. The number of carbonyl (C=O) groups excluding carboxylic acids is 1. The summed E-state index contributed by atoms with van der Waals surface area (Å²) in [4.78, 5) is 24.4. The molecule has 0 saturated carbocycles. The molecule has 154 valence electrons. The zero-order valence-electron chi connectivity index (χ0n) is 17.2. The second-order valence-corrected chi connectivity index (χ2v) is 8.27. The predicted octanol–water partition coefficient (Wildman–Crippen LogP) is 5.04. The zero-order valence-corrected chi connectivity index (χ0v) is 17.2. The maximum absolute atomic E-state index is 12.1. The summed E-state index contributed by atoms with van der Waals surface area (Å²) in [6.07, 6.45) is 2.44. The smallest absolute Gasteiger partial charge is 0.410 e. The standard InChI is InChI=1S/C21H30N2O5/c1-15(2)18-14-17(23(25)26)6-7-19(18)27-13-10-16-8-11-22(12-9-16)20(24)28-21(3,4)5/h6-7,14,16H,1,8-13H2,2-5H3. The fourth-order valence-electron chi connectivity index (χ4n) is 3.16. The lowest BCUT2D eigenvalue weighted by atomic mass is 9.94. The molecule has 0 atom stereocenters. The van der Waals surface area contributed by atoms with E-state index in [2.05, 4.69) is 6.58 Å². The van der Waals surface area contributed by atoms with Crippen LogP contribution >= 0.6 is 0 Å². The number of non-ortho nitro benzene ring substituents is 1. The fourth-order valence-corrected chi connectivity index (χ4v) is 3.16. The molecular formula is C21H30N2O5. The molecule has 0 bridgehead atoms. The molecule has 1 aromatic rings. The molecule has 1 aliphatic rings. The van der Waals surface area contributed by atoms with E-state index in [-0.39, 0.29) is 11.8 Å². The van der Waals surface area contributed by atoms with E-state index in [0.717, 1.165) is 24.8 Å². The molecule has 7 heteroatoms. The quantitative estimate of drug-likeness (QED) is 0.502. The number of ether oxygens (including phenoxy) is 2. The van der Waals surface area contributed by atoms with Gasteiger partial charge in [0.15, 0.2) is 0 Å². The van der Waals surface area contributed by atoms with E-state index in [1.54, 1.807) is 17.9 Å². The topological polar surface area (TPSA) is 81.9 Å². The number of piperidine rings is 1. The Kier molecular flexibility index (Phi) is 7.05. The predicted molar refractivity (Wildman–Crippen MR) is 108 cm³/mol. The lowest BCUT2D eigenvalue weighted by Crippen LogP contribution is -2.41. The molecule has 1 heterocycles. The van der Waals surface area contributed by atoms with Crippen molar-refractivity contribution in [2.24, 2.45) is 5.92 Å². The van der Waals surface area contributed by atoms with Crippen LogP contribution in [0.2, 0.25) is 0 Å². The highest BCUT2D eigenvalue weighted by Gasteiger charge is 2.26. The van der Waals surface area contributed by atoms with E-state index in [4.69, 9.17) is 9.47 Å². The third-order valence-electron chi connectivity index (χ3n) is 4.68. The SMILES string of the molecule is C=C(C)c1cc([N+](=O)[O-])ccc1OCCC1CCN(C(=O)OC(C)(C)C)CC1. The minimum Gasteiger partial charge on any atom is -0.493 e. The Labute approximate surface area is 166 Å². The van der Waals surface area contributed by atoms with Crippen molar-refractivity contribution in [3.05, 3.63) is 40.5 Å². The summed E-state index contributed by atoms with van der Waals surface area (Å²) >= 11 is 0. The van der Waals surface area contributed by atoms with E-state index < -0.39 is 10.5 Å². The first kappa shape index (κ1) is 21.7. The van der Waals surface area contributed by atoms with Crippen molar-refractivity contribution in [2.75, 3.05) is 19.7 Å². The third-order valence-corrected chi connectivity index (χ3v) is 4.68. The fraction of sp³-hybridized carbons (Fsp3) is 0.571. The summed E-state index contributed by atoms with van der Waals surface area (Å²) in [6.45, 7) is 13.2. The Hall–Kier alpha value is -2.57. The Morgan fingerprint density at radius 2 is 1.96 bits per heavy atom. The number of hydrogen-bond donors (Lipinski definition) is 0. The number of nitro benzene ring substituents is 1. The van der Waals surface area contributed by atoms with Crippen molar-refractivity contribution in [1.82, 2.24) is 4.90 Å². The van der Waals surface area contributed by atoms with Gasteiger partial charge in [0.2, 0.25) is 0 Å². The van der Waals surface area contributed by atoms with E-state index in [1.807, 2.05) is 20.8 Å². The van der Waals surface area contributed by atoms with Crippen molar-refractivity contribution in [3.8, 4) is 5.75 Å². The van der Waals surface area contributed by atoms with Crippen LogP contribution in [0.25, 0.3) is 5.57 Å². The number of hydrogen-bond acceptors (Lipinski definition) is 5. The van der Waals surface area contributed by atoms with Crippen LogP contribution in [0.5, 0.6) is 5.75 Å². The van der Waals surface area contributed by atoms with Gasteiger partial charge in [-0.3, -0.25) is 10.1 Å². The summed E-state index contributed by atoms with van der Waals surface area (Å²) in [7, 11) is 0. The first-order valence-electron chi connectivity index (χ1n) is 9.62. The Balaban J connectivity index is 1.83. The van der Waals surface area contributed by atoms with Crippen LogP contribution in [0.15, 0.2) is 24.8 Å². The number of nitro groups is 1. The van der Waals surface area contributed by atoms with E-state index >= 15 is 0 Å². The minimum atomic E-state index is -0.479. The summed E-state index contributed by atoms with van der Waals surface area (Å²) in [6, 6.07) is 4.57. The molecule has 0 radical (unpaired) electrons. The van der Waals surface area contributed by atoms with Gasteiger partial charge in [-0.05, 0) is 64.5 Å². The minimum absolute atomic E-state index is 0.0277. The van der Waals surface area contributed by atoms with Crippen LogP contribution in [0.1, 0.15) is 52.5 Å². The Bertz CT molecular complexity index is 731. The number of allylic oxidation sites excluding steroid dienone is 1. The van der Waals surface area contributed by atoms with Gasteiger partial charge in [-0.25, -0.2) is 4.79 Å². The van der Waals surface area contributed by atoms with Gasteiger partial charge in [0, 0.05) is 30.8 Å². The van der Waals surface area contributed by atoms with Crippen LogP contribution in [-0.2, 0) is 4.74 Å². The number of likely N-dealkylation sites (tertiary alicyclic amines) is 1. The molecule has 2 rings (SSSR count). The highest BCUT2D eigenvalue weighted by molar-refractivity contribution is 5.69. The van der Waals surface area contributed by atoms with Gasteiger partial charge in [-0.2, -0.15) is 0 Å². The zero-order chi connectivity index (χ0) is 20.9. The normalized spacial score (nSPS) is 15.2. The highest BCUT2D eigenvalue weighted by Crippen LogP contribution is 2.30. The molecule has 1 aromatic carbocycles. The van der Waals surface area contributed by atoms with E-state index in [0.29, 0.717) is 36.9 Å². The molecular weight excluding hydrogens is 360 g/mol. The molecule has 0 aromatic heterocycles. The van der Waals surface area contributed by atoms with E-state index in [9.17, 15) is 14.9 Å². The van der Waals surface area contributed by atoms with Crippen LogP contribution in [0.3, 0.4) is 0 Å². The number of nitrogens with zero attached hydrogens (tertiary/aromatic N) is 2. The maximum atomic E-state index is 12.1. The molecule has 1 saturated heterocycles. The third kappa shape index (κ3) is 6.25. The van der Waals surface area contributed by atoms with Crippen LogP contribution in [0.4, 0.5) is 10.5 Å². The average Bonchev–Trinajstić information content (AvgIpc) is 2.60. The van der Waals surface area contributed by atoms with E-state index in [1.165, 1.54) is 12.1 Å². The summed E-state index contributed by atoms with van der Waals surface area (Å²) in [5.41, 5.74) is 0.936. The van der Waals surface area contributed by atoms with Crippen molar-refractivity contribution in [2.45, 2.75) is 52.6 Å². The number of amides is 1. The highest BCUT2D eigenvalue weighted by atomic mass is 16.6. The van der Waals surface area contributed by atoms with Crippen molar-refractivity contribution in [1.29, 1.82) is 0 Å². The first-order chi connectivity index (χ1) is 13.1. The molecule has 1 fully saturated rings. The van der Waals surface area contributed by atoms with Crippen LogP contribution < -0.4 is 4.74 Å². The molecule has 0 N–H and O–H groups in total. The Morgan fingerprint density at radius 1 is 1.32 bits per heavy atom. The second-order valence-electron chi connectivity index (χ2n) is 8.27. The number of carbonyl (C=O) groups is 1. The van der Waals surface area contributed by atoms with Crippen molar-refractivity contribution < 1.29 is 19.2 Å². The molecule has 28 heavy (non-hydrogen) atoms. The van der Waals surface area contributed by atoms with Crippen molar-refractivity contribution in [3.63, 3.8) is 0 Å². The molecule has 0 unspecified atom stereocenters. The number of benzene rings is 1. The lowest BCUT2D eigenvalue weighted by molar-refractivity contribution is -0.384. The van der Waals surface area contributed by atoms with Crippen molar-refractivity contribution >= 4 is 17.4 Å². The average molecular weight is 390 g/mol. The van der Waals surface area contributed by atoms with Crippen LogP contribution in [0, 0.1) is 16.0 Å². The monoisotopic (exact) mass is 390 g/mol. The maximum Gasteiger partial charge on any atom is 0.410 e. The molecule has 1 amide bonds. The first-order valence-corrected chi connectivity index (χ1v) is 9.62. The summed E-state index contributed by atoms with van der Waals surface area (Å²) < 4.78 is 11.3. The van der Waals surface area contributed by atoms with Gasteiger partial charge < -0.3 is 14.4 Å². The van der Waals surface area contributed by atoms with Gasteiger partial charge in [0.25, 0.3) is 5.69 Å². The van der Waals surface area contributed by atoms with Gasteiger partial charge in [-0.1, -0.05) is 6.58 Å². The van der Waals surface area contributed by atoms with Gasteiger partial charge in [0.1, 0.15) is 11.4 Å². The van der Waals surface area contributed by atoms with Gasteiger partial charge in [0.05, 0.1) is 11.5 Å². The lowest BCUT2D eigenvalue weighted by Gasteiger charge is -2.33. The largest absolute Gasteiger partial charge is 0.493 e.